The highest BCUT2D eigenvalue weighted by Gasteiger charge is 2.09. The van der Waals surface area contributed by atoms with Crippen LogP contribution in [0.4, 0.5) is 4.39 Å². The van der Waals surface area contributed by atoms with E-state index < -0.39 is 5.91 Å². The molecule has 3 aromatic rings. The van der Waals surface area contributed by atoms with Crippen LogP contribution in [0.2, 0.25) is 0 Å². The van der Waals surface area contributed by atoms with Gasteiger partial charge in [-0.2, -0.15) is 0 Å². The van der Waals surface area contributed by atoms with E-state index in [1.165, 1.54) is 46.7 Å². The second kappa shape index (κ2) is 5.98. The number of hydrogen-bond donors (Lipinski definition) is 2. The van der Waals surface area contributed by atoms with Crippen LogP contribution in [0.5, 0.6) is 0 Å². The molecule has 0 aliphatic carbocycles. The fourth-order valence-corrected chi connectivity index (χ4v) is 2.26. The Morgan fingerprint density at radius 1 is 1.22 bits per heavy atom. The van der Waals surface area contributed by atoms with Crippen LogP contribution in [0, 0.1) is 5.82 Å². The molecule has 0 bridgehead atoms. The van der Waals surface area contributed by atoms with Crippen molar-refractivity contribution in [3.8, 4) is 0 Å². The molecule has 0 aliphatic rings. The number of carbonyl (C=O) groups is 1. The van der Waals surface area contributed by atoms with E-state index in [9.17, 15) is 14.0 Å². The Labute approximate surface area is 129 Å². The highest BCUT2D eigenvalue weighted by atomic mass is 19.1. The molecule has 23 heavy (non-hydrogen) atoms. The average Bonchev–Trinajstić information content (AvgIpc) is 2.58. The Morgan fingerprint density at radius 2 is 1.96 bits per heavy atom. The first-order valence-electron chi connectivity index (χ1n) is 6.76. The maximum Gasteiger partial charge on any atom is 0.274 e. The number of carbonyl (C=O) groups excluding carboxylic acids is 1. The van der Waals surface area contributed by atoms with E-state index in [4.69, 9.17) is 5.21 Å². The molecule has 7 heteroatoms. The standard InChI is InChI=1S/C16H12FN3O3/c17-12-4-1-10(2-5-12)8-20-9-18-14-7-11(15(21)19-23)3-6-13(14)16(20)22/h1-7,9,23H,8H2,(H,19,21). The Hall–Kier alpha value is -3.06. The van der Waals surface area contributed by atoms with Crippen molar-refractivity contribution in [3.63, 3.8) is 0 Å². The summed E-state index contributed by atoms with van der Waals surface area (Å²) in [6, 6.07) is 10.2. The van der Waals surface area contributed by atoms with E-state index in [0.29, 0.717) is 10.9 Å². The molecular weight excluding hydrogens is 301 g/mol. The molecule has 2 aromatic carbocycles. The molecule has 0 atom stereocenters. The van der Waals surface area contributed by atoms with Gasteiger partial charge in [0.05, 0.1) is 23.8 Å². The van der Waals surface area contributed by atoms with E-state index in [-0.39, 0.29) is 23.5 Å². The number of hydrogen-bond acceptors (Lipinski definition) is 4. The van der Waals surface area contributed by atoms with E-state index in [1.807, 2.05) is 0 Å². The van der Waals surface area contributed by atoms with Crippen molar-refractivity contribution in [1.82, 2.24) is 15.0 Å². The van der Waals surface area contributed by atoms with Gasteiger partial charge in [0, 0.05) is 5.56 Å². The maximum atomic E-state index is 12.9. The number of hydroxylamine groups is 1. The molecule has 0 unspecified atom stereocenters. The fourth-order valence-electron chi connectivity index (χ4n) is 2.26. The minimum atomic E-state index is -0.677. The van der Waals surface area contributed by atoms with Crippen LogP contribution < -0.4 is 11.0 Å². The predicted molar refractivity (Wildman–Crippen MR) is 80.8 cm³/mol. The van der Waals surface area contributed by atoms with Crippen molar-refractivity contribution in [2.45, 2.75) is 6.54 Å². The summed E-state index contributed by atoms with van der Waals surface area (Å²) in [5.74, 6) is -1.02. The number of halogens is 1. The van der Waals surface area contributed by atoms with Gasteiger partial charge >= 0.3 is 0 Å². The lowest BCUT2D eigenvalue weighted by molar-refractivity contribution is 0.0706. The van der Waals surface area contributed by atoms with Gasteiger partial charge in [0.1, 0.15) is 5.82 Å². The van der Waals surface area contributed by atoms with Crippen molar-refractivity contribution in [2.75, 3.05) is 0 Å². The normalized spacial score (nSPS) is 10.7. The lowest BCUT2D eigenvalue weighted by Gasteiger charge is -2.07. The third-order valence-corrected chi connectivity index (χ3v) is 3.46. The smallest absolute Gasteiger partial charge is 0.274 e. The van der Waals surface area contributed by atoms with Gasteiger partial charge in [0.2, 0.25) is 0 Å². The average molecular weight is 313 g/mol. The van der Waals surface area contributed by atoms with Crippen LogP contribution in [0.3, 0.4) is 0 Å². The molecule has 1 heterocycles. The topological polar surface area (TPSA) is 84.2 Å². The first-order valence-corrected chi connectivity index (χ1v) is 6.76. The van der Waals surface area contributed by atoms with Crippen LogP contribution >= 0.6 is 0 Å². The van der Waals surface area contributed by atoms with Crippen LogP contribution in [0.15, 0.2) is 53.6 Å². The zero-order valence-corrected chi connectivity index (χ0v) is 11.9. The molecular formula is C16H12FN3O3. The van der Waals surface area contributed by atoms with Crippen molar-refractivity contribution in [3.05, 3.63) is 76.1 Å². The predicted octanol–water partition coefficient (Wildman–Crippen LogP) is 1.70. The van der Waals surface area contributed by atoms with E-state index in [0.717, 1.165) is 5.56 Å². The Bertz CT molecular complexity index is 935. The largest absolute Gasteiger partial charge is 0.294 e. The lowest BCUT2D eigenvalue weighted by atomic mass is 10.1. The third kappa shape index (κ3) is 2.95. The van der Waals surface area contributed by atoms with Crippen LogP contribution in [-0.2, 0) is 6.54 Å². The fraction of sp³-hybridized carbons (Fsp3) is 0.0625. The van der Waals surface area contributed by atoms with E-state index >= 15 is 0 Å². The first-order chi connectivity index (χ1) is 11.1. The van der Waals surface area contributed by atoms with E-state index in [1.54, 1.807) is 12.1 Å². The van der Waals surface area contributed by atoms with Crippen LogP contribution in [-0.4, -0.2) is 20.7 Å². The minimum Gasteiger partial charge on any atom is -0.294 e. The molecule has 1 aromatic heterocycles. The second-order valence-electron chi connectivity index (χ2n) is 4.98. The summed E-state index contributed by atoms with van der Waals surface area (Å²) in [5, 5.41) is 8.98. The quantitative estimate of drug-likeness (QED) is 0.569. The summed E-state index contributed by atoms with van der Waals surface area (Å²) < 4.78 is 14.3. The number of fused-ring (bicyclic) bond motifs is 1. The number of rotatable bonds is 3. The number of nitrogens with one attached hydrogen (secondary N) is 1. The molecule has 2 N–H and O–H groups in total. The number of benzene rings is 2. The molecule has 0 aliphatic heterocycles. The lowest BCUT2D eigenvalue weighted by Crippen LogP contribution is -2.22. The molecule has 0 radical (unpaired) electrons. The third-order valence-electron chi connectivity index (χ3n) is 3.46. The van der Waals surface area contributed by atoms with Gasteiger partial charge < -0.3 is 0 Å². The highest BCUT2D eigenvalue weighted by Crippen LogP contribution is 2.11. The minimum absolute atomic E-state index is 0.197. The summed E-state index contributed by atoms with van der Waals surface area (Å²) in [6.07, 6.45) is 1.37. The van der Waals surface area contributed by atoms with Gasteiger partial charge in [0.15, 0.2) is 0 Å². The molecule has 3 rings (SSSR count). The Balaban J connectivity index is 2.00. The summed E-state index contributed by atoms with van der Waals surface area (Å²) in [5.41, 5.74) is 2.58. The zero-order valence-electron chi connectivity index (χ0n) is 11.9. The SMILES string of the molecule is O=C(NO)c1ccc2c(=O)n(Cc3ccc(F)cc3)cnc2c1. The van der Waals surface area contributed by atoms with Crippen molar-refractivity contribution in [1.29, 1.82) is 0 Å². The van der Waals surface area contributed by atoms with Gasteiger partial charge in [-0.1, -0.05) is 12.1 Å². The summed E-state index contributed by atoms with van der Waals surface area (Å²) >= 11 is 0. The Morgan fingerprint density at radius 3 is 2.65 bits per heavy atom. The van der Waals surface area contributed by atoms with Gasteiger partial charge in [-0.3, -0.25) is 19.4 Å². The molecule has 0 fully saturated rings. The molecule has 0 spiro atoms. The molecule has 0 saturated heterocycles. The zero-order chi connectivity index (χ0) is 16.4. The second-order valence-corrected chi connectivity index (χ2v) is 4.98. The van der Waals surface area contributed by atoms with Gasteiger partial charge in [-0.15, -0.1) is 0 Å². The van der Waals surface area contributed by atoms with Gasteiger partial charge in [0.25, 0.3) is 11.5 Å². The first kappa shape index (κ1) is 14.9. The number of nitrogens with zero attached hydrogens (tertiary/aromatic N) is 2. The number of amides is 1. The summed E-state index contributed by atoms with van der Waals surface area (Å²) in [7, 11) is 0. The molecule has 116 valence electrons. The molecule has 0 saturated carbocycles. The van der Waals surface area contributed by atoms with Crippen molar-refractivity contribution < 1.29 is 14.4 Å². The van der Waals surface area contributed by atoms with Crippen LogP contribution in [0.25, 0.3) is 10.9 Å². The summed E-state index contributed by atoms with van der Waals surface area (Å²) in [6.45, 7) is 0.265. The van der Waals surface area contributed by atoms with Crippen molar-refractivity contribution >= 4 is 16.8 Å². The van der Waals surface area contributed by atoms with Gasteiger partial charge in [-0.25, -0.2) is 14.9 Å². The molecule has 6 nitrogen and oxygen atoms in total. The monoisotopic (exact) mass is 313 g/mol. The van der Waals surface area contributed by atoms with Gasteiger partial charge in [-0.05, 0) is 35.9 Å². The number of aromatic nitrogens is 2. The van der Waals surface area contributed by atoms with Crippen molar-refractivity contribution in [2.24, 2.45) is 0 Å². The van der Waals surface area contributed by atoms with E-state index in [2.05, 4.69) is 4.98 Å². The van der Waals surface area contributed by atoms with Crippen LogP contribution in [0.1, 0.15) is 15.9 Å². The highest BCUT2D eigenvalue weighted by molar-refractivity contribution is 5.96. The Kier molecular flexibility index (Phi) is 3.86. The molecule has 1 amide bonds. The maximum absolute atomic E-state index is 12.9. The summed E-state index contributed by atoms with van der Waals surface area (Å²) in [4.78, 5) is 28.0.